The van der Waals surface area contributed by atoms with Crippen molar-refractivity contribution in [3.8, 4) is 0 Å². The van der Waals surface area contributed by atoms with Crippen molar-refractivity contribution in [2.24, 2.45) is 11.8 Å². The smallest absolute Gasteiger partial charge is 0.169 e. The van der Waals surface area contributed by atoms with Crippen molar-refractivity contribution < 1.29 is 18.9 Å². The molecule has 0 N–H and O–H groups in total. The Morgan fingerprint density at radius 1 is 0.688 bits per heavy atom. The molecule has 4 nitrogen and oxygen atoms in total. The first-order valence-electron chi connectivity index (χ1n) is 12.3. The highest BCUT2D eigenvalue weighted by atomic mass is 16.8. The third-order valence-corrected chi connectivity index (χ3v) is 7.72. The average molecular weight is 437 g/mol. The van der Waals surface area contributed by atoms with E-state index in [1.165, 1.54) is 30.4 Å². The van der Waals surface area contributed by atoms with Gasteiger partial charge in [-0.1, -0.05) is 80.9 Å². The van der Waals surface area contributed by atoms with Crippen molar-refractivity contribution in [1.29, 1.82) is 0 Å². The van der Waals surface area contributed by atoms with Crippen LogP contribution in [0.4, 0.5) is 0 Å². The van der Waals surface area contributed by atoms with E-state index in [1.807, 2.05) is 12.1 Å². The van der Waals surface area contributed by atoms with Crippen LogP contribution >= 0.6 is 0 Å². The molecule has 6 atom stereocenters. The number of hydrogen-bond donors (Lipinski definition) is 0. The Morgan fingerprint density at radius 2 is 1.22 bits per heavy atom. The lowest BCUT2D eigenvalue weighted by Gasteiger charge is -2.45. The van der Waals surface area contributed by atoms with Crippen LogP contribution in [0.2, 0.25) is 0 Å². The summed E-state index contributed by atoms with van der Waals surface area (Å²) in [5, 5.41) is 0. The van der Waals surface area contributed by atoms with Gasteiger partial charge in [0.25, 0.3) is 0 Å². The van der Waals surface area contributed by atoms with Crippen molar-refractivity contribution in [2.75, 3.05) is 0 Å². The summed E-state index contributed by atoms with van der Waals surface area (Å²) < 4.78 is 26.7. The standard InChI is InChI=1S/C28H36O4/c1-20-21(2)25-27(32-28(31-25)16-10-5-11-17-28)26(30-19-23-14-8-4-9-15-23)24(20)29-18-22-12-6-3-7-13-22/h3-4,6-9,12-15,20-21,24-27H,5,10-11,16-19H2,1-2H3/t20-,21?,24?,25?,26-,27-/m0/s1. The van der Waals surface area contributed by atoms with E-state index >= 15 is 0 Å². The molecule has 2 aromatic rings. The van der Waals surface area contributed by atoms with E-state index in [9.17, 15) is 0 Å². The SMILES string of the molecule is CC1C2OC3(CCCCC3)O[C@@H]2[C@@H](OCc2ccccc2)C(OCc2ccccc2)[C@H]1C. The summed E-state index contributed by atoms with van der Waals surface area (Å²) in [7, 11) is 0. The summed E-state index contributed by atoms with van der Waals surface area (Å²) in [5.41, 5.74) is 2.35. The molecule has 5 rings (SSSR count). The zero-order chi connectivity index (χ0) is 22.0. The highest BCUT2D eigenvalue weighted by Gasteiger charge is 2.59. The maximum absolute atomic E-state index is 6.77. The fourth-order valence-corrected chi connectivity index (χ4v) is 5.70. The van der Waals surface area contributed by atoms with Gasteiger partial charge in [-0.15, -0.1) is 0 Å². The third kappa shape index (κ3) is 4.51. The van der Waals surface area contributed by atoms with Crippen LogP contribution < -0.4 is 0 Å². The van der Waals surface area contributed by atoms with Crippen LogP contribution in [0.3, 0.4) is 0 Å². The van der Waals surface area contributed by atoms with Crippen molar-refractivity contribution in [3.63, 3.8) is 0 Å². The quantitative estimate of drug-likeness (QED) is 0.566. The molecule has 0 aromatic heterocycles. The molecule has 1 spiro atoms. The van der Waals surface area contributed by atoms with Gasteiger partial charge in [-0.2, -0.15) is 0 Å². The number of benzene rings is 2. The molecule has 3 unspecified atom stereocenters. The van der Waals surface area contributed by atoms with E-state index in [4.69, 9.17) is 18.9 Å². The van der Waals surface area contributed by atoms with Gasteiger partial charge in [0.15, 0.2) is 5.79 Å². The summed E-state index contributed by atoms with van der Waals surface area (Å²) in [4.78, 5) is 0. The van der Waals surface area contributed by atoms with Crippen LogP contribution in [0, 0.1) is 11.8 Å². The highest BCUT2D eigenvalue weighted by molar-refractivity contribution is 5.15. The monoisotopic (exact) mass is 436 g/mol. The van der Waals surface area contributed by atoms with E-state index in [1.54, 1.807) is 0 Å². The largest absolute Gasteiger partial charge is 0.370 e. The van der Waals surface area contributed by atoms with Gasteiger partial charge in [0.1, 0.15) is 12.2 Å². The van der Waals surface area contributed by atoms with Crippen molar-refractivity contribution in [3.05, 3.63) is 71.8 Å². The number of rotatable bonds is 6. The van der Waals surface area contributed by atoms with Gasteiger partial charge >= 0.3 is 0 Å². The van der Waals surface area contributed by atoms with Gasteiger partial charge in [-0.3, -0.25) is 0 Å². The van der Waals surface area contributed by atoms with E-state index in [-0.39, 0.29) is 24.4 Å². The van der Waals surface area contributed by atoms with E-state index in [2.05, 4.69) is 62.4 Å². The van der Waals surface area contributed by atoms with Crippen LogP contribution in [0.5, 0.6) is 0 Å². The first-order chi connectivity index (χ1) is 15.7. The Bertz CT molecular complexity index is 848. The molecule has 2 aliphatic carbocycles. The van der Waals surface area contributed by atoms with Crippen molar-refractivity contribution in [2.45, 2.75) is 89.4 Å². The second kappa shape index (κ2) is 9.64. The predicted molar refractivity (Wildman–Crippen MR) is 124 cm³/mol. The lowest BCUT2D eigenvalue weighted by molar-refractivity contribution is -0.212. The van der Waals surface area contributed by atoms with Gasteiger partial charge in [-0.25, -0.2) is 0 Å². The van der Waals surface area contributed by atoms with Crippen molar-refractivity contribution >= 4 is 0 Å². The molecule has 0 amide bonds. The first kappa shape index (κ1) is 22.1. The molecular weight excluding hydrogens is 400 g/mol. The Hall–Kier alpha value is -1.72. The molecule has 2 saturated carbocycles. The molecule has 1 aliphatic heterocycles. The Balaban J connectivity index is 1.38. The molecule has 0 radical (unpaired) electrons. The van der Waals surface area contributed by atoms with Crippen LogP contribution in [0.1, 0.15) is 57.1 Å². The minimum absolute atomic E-state index is 0.0440. The fraction of sp³-hybridized carbons (Fsp3) is 0.571. The third-order valence-electron chi connectivity index (χ3n) is 7.72. The van der Waals surface area contributed by atoms with Gasteiger partial charge in [0.2, 0.25) is 0 Å². The Kier molecular flexibility index (Phi) is 6.66. The van der Waals surface area contributed by atoms with Crippen LogP contribution in [-0.4, -0.2) is 30.2 Å². The maximum Gasteiger partial charge on any atom is 0.169 e. The van der Waals surface area contributed by atoms with Gasteiger partial charge in [0, 0.05) is 12.8 Å². The Morgan fingerprint density at radius 3 is 1.81 bits per heavy atom. The summed E-state index contributed by atoms with van der Waals surface area (Å²) in [5.74, 6) is 0.228. The normalized spacial score (nSPS) is 33.8. The van der Waals surface area contributed by atoms with Gasteiger partial charge in [0.05, 0.1) is 25.4 Å². The molecule has 2 aromatic carbocycles. The number of ether oxygens (including phenoxy) is 4. The molecule has 3 fully saturated rings. The summed E-state index contributed by atoms with van der Waals surface area (Å²) in [6.07, 6.45) is 5.36. The molecule has 32 heavy (non-hydrogen) atoms. The van der Waals surface area contributed by atoms with Crippen molar-refractivity contribution in [1.82, 2.24) is 0 Å². The second-order valence-electron chi connectivity index (χ2n) is 9.88. The molecule has 172 valence electrons. The average Bonchev–Trinajstić information content (AvgIpc) is 3.20. The van der Waals surface area contributed by atoms with Crippen LogP contribution in [0.15, 0.2) is 60.7 Å². The molecule has 4 heteroatoms. The van der Waals surface area contributed by atoms with Crippen LogP contribution in [0.25, 0.3) is 0 Å². The van der Waals surface area contributed by atoms with Gasteiger partial charge in [-0.05, 0) is 35.8 Å². The molecule has 1 saturated heterocycles. The fourth-order valence-electron chi connectivity index (χ4n) is 5.70. The van der Waals surface area contributed by atoms with E-state index in [0.717, 1.165) is 12.8 Å². The minimum Gasteiger partial charge on any atom is -0.370 e. The number of fused-ring (bicyclic) bond motifs is 1. The number of hydrogen-bond acceptors (Lipinski definition) is 4. The maximum atomic E-state index is 6.77. The molecule has 0 bridgehead atoms. The minimum atomic E-state index is -0.426. The molecule has 3 aliphatic rings. The highest BCUT2D eigenvalue weighted by Crippen LogP contribution is 2.49. The summed E-state index contributed by atoms with van der Waals surface area (Å²) in [6.45, 7) is 5.71. The van der Waals surface area contributed by atoms with E-state index in [0.29, 0.717) is 25.0 Å². The molecule has 1 heterocycles. The lowest BCUT2D eigenvalue weighted by atomic mass is 9.74. The van der Waals surface area contributed by atoms with E-state index < -0.39 is 5.79 Å². The summed E-state index contributed by atoms with van der Waals surface area (Å²) in [6, 6.07) is 20.8. The zero-order valence-electron chi connectivity index (χ0n) is 19.3. The summed E-state index contributed by atoms with van der Waals surface area (Å²) >= 11 is 0. The zero-order valence-corrected chi connectivity index (χ0v) is 19.3. The molecular formula is C28H36O4. The Labute approximate surface area is 192 Å². The van der Waals surface area contributed by atoms with Crippen LogP contribution in [-0.2, 0) is 32.2 Å². The first-order valence-corrected chi connectivity index (χ1v) is 12.3. The van der Waals surface area contributed by atoms with Gasteiger partial charge < -0.3 is 18.9 Å². The predicted octanol–water partition coefficient (Wildman–Crippen LogP) is 5.89. The second-order valence-corrected chi connectivity index (χ2v) is 9.88. The lowest BCUT2D eigenvalue weighted by Crippen LogP contribution is -2.57. The topological polar surface area (TPSA) is 36.9 Å².